The summed E-state index contributed by atoms with van der Waals surface area (Å²) in [6.45, 7) is 5.87. The minimum Gasteiger partial charge on any atom is -0.366 e. The predicted molar refractivity (Wildman–Crippen MR) is 93.9 cm³/mol. The Morgan fingerprint density at radius 1 is 1.32 bits per heavy atom. The fourth-order valence-corrected chi connectivity index (χ4v) is 3.33. The van der Waals surface area contributed by atoms with E-state index in [2.05, 4.69) is 17.1 Å². The number of rotatable bonds is 5. The van der Waals surface area contributed by atoms with Crippen molar-refractivity contribution in [2.24, 2.45) is 11.7 Å². The highest BCUT2D eigenvalue weighted by molar-refractivity contribution is 5.85. The van der Waals surface area contributed by atoms with E-state index in [0.29, 0.717) is 25.6 Å². The number of halogens is 2. The largest absolute Gasteiger partial charge is 0.366 e. The molecule has 3 N–H and O–H groups in total. The highest BCUT2D eigenvalue weighted by Gasteiger charge is 2.30. The summed E-state index contributed by atoms with van der Waals surface area (Å²) < 4.78 is 5.61. The molecule has 2 atom stereocenters. The van der Waals surface area contributed by atoms with Gasteiger partial charge in [0.05, 0.1) is 6.61 Å². The summed E-state index contributed by atoms with van der Waals surface area (Å²) in [5.74, 6) is 0.563. The normalized spacial score (nSPS) is 24.7. The first-order valence-electron chi connectivity index (χ1n) is 8.09. The van der Waals surface area contributed by atoms with E-state index in [1.54, 1.807) is 0 Å². The average Bonchev–Trinajstić information content (AvgIpc) is 2.53. The maximum absolute atomic E-state index is 12.4. The molecule has 0 spiro atoms. The maximum Gasteiger partial charge on any atom is 0.250 e. The number of hydrogen-bond acceptors (Lipinski definition) is 4. The Morgan fingerprint density at radius 2 is 2.00 bits per heavy atom. The van der Waals surface area contributed by atoms with Crippen molar-refractivity contribution in [3.63, 3.8) is 0 Å². The van der Waals surface area contributed by atoms with Gasteiger partial charge in [-0.05, 0) is 25.3 Å². The summed E-state index contributed by atoms with van der Waals surface area (Å²) in [7, 11) is 0. The number of likely N-dealkylation sites (N-methyl/N-ethyl adjacent to an activating group) is 1. The molecule has 2 rings (SSSR count). The summed E-state index contributed by atoms with van der Waals surface area (Å²) in [5, 5.41) is 3.14. The van der Waals surface area contributed by atoms with E-state index >= 15 is 0 Å². The second-order valence-electron chi connectivity index (χ2n) is 6.00. The minimum atomic E-state index is -0.332. The summed E-state index contributed by atoms with van der Waals surface area (Å²) in [4.78, 5) is 14.6. The molecule has 0 aromatic carbocycles. The van der Waals surface area contributed by atoms with Crippen LogP contribution in [0.25, 0.3) is 0 Å². The fourth-order valence-electron chi connectivity index (χ4n) is 3.33. The highest BCUT2D eigenvalue weighted by atomic mass is 35.5. The number of carbonyl (C=O) groups is 1. The van der Waals surface area contributed by atoms with E-state index in [1.807, 2.05) is 0 Å². The molecule has 1 saturated heterocycles. The number of nitrogens with zero attached hydrogens (tertiary/aromatic N) is 1. The van der Waals surface area contributed by atoms with E-state index in [9.17, 15) is 4.79 Å². The van der Waals surface area contributed by atoms with Crippen molar-refractivity contribution in [1.29, 1.82) is 0 Å². The first-order valence-corrected chi connectivity index (χ1v) is 8.09. The van der Waals surface area contributed by atoms with E-state index < -0.39 is 0 Å². The monoisotopic (exact) mass is 355 g/mol. The maximum atomic E-state index is 12.4. The molecule has 1 heterocycles. The molecule has 0 radical (unpaired) electrons. The van der Waals surface area contributed by atoms with Crippen molar-refractivity contribution in [3.05, 3.63) is 0 Å². The number of nitrogens with one attached hydrogen (secondary N) is 1. The van der Waals surface area contributed by atoms with Crippen LogP contribution in [-0.4, -0.2) is 55.7 Å². The van der Waals surface area contributed by atoms with E-state index in [1.165, 1.54) is 32.1 Å². The number of carbonyl (C=O) groups excluding carboxylic acids is 1. The standard InChI is InChI=1S/C15H29N3O2.2ClH/c1-2-18-8-9-20-14(11-18)15(19)17-13(10-16)12-6-4-3-5-7-12;;/h12-14H,2-11,16H2,1H3,(H,17,19);2*1H. The van der Waals surface area contributed by atoms with Gasteiger partial charge in [0.15, 0.2) is 0 Å². The molecule has 2 fully saturated rings. The van der Waals surface area contributed by atoms with Crippen molar-refractivity contribution in [2.45, 2.75) is 51.2 Å². The van der Waals surface area contributed by atoms with E-state index in [4.69, 9.17) is 10.5 Å². The molecule has 2 aliphatic rings. The van der Waals surface area contributed by atoms with E-state index in [-0.39, 0.29) is 42.9 Å². The van der Waals surface area contributed by atoms with Gasteiger partial charge in [-0.25, -0.2) is 0 Å². The fraction of sp³-hybridized carbons (Fsp3) is 0.933. The molecule has 1 aliphatic carbocycles. The van der Waals surface area contributed by atoms with Gasteiger partial charge in [0.2, 0.25) is 0 Å². The van der Waals surface area contributed by atoms with Crippen molar-refractivity contribution in [1.82, 2.24) is 10.2 Å². The van der Waals surface area contributed by atoms with Crippen LogP contribution in [0.3, 0.4) is 0 Å². The first kappa shape index (κ1) is 21.9. The van der Waals surface area contributed by atoms with E-state index in [0.717, 1.165) is 13.1 Å². The lowest BCUT2D eigenvalue weighted by Gasteiger charge is -2.34. The van der Waals surface area contributed by atoms with Gasteiger partial charge in [-0.3, -0.25) is 9.69 Å². The zero-order valence-electron chi connectivity index (χ0n) is 13.5. The molecule has 1 amide bonds. The van der Waals surface area contributed by atoms with Gasteiger partial charge >= 0.3 is 0 Å². The minimum absolute atomic E-state index is 0. The predicted octanol–water partition coefficient (Wildman–Crippen LogP) is 1.57. The van der Waals surface area contributed by atoms with Crippen LogP contribution < -0.4 is 11.1 Å². The van der Waals surface area contributed by atoms with Crippen LogP contribution in [0.5, 0.6) is 0 Å². The smallest absolute Gasteiger partial charge is 0.250 e. The van der Waals surface area contributed by atoms with Crippen LogP contribution in [0.15, 0.2) is 0 Å². The lowest BCUT2D eigenvalue weighted by atomic mass is 9.84. The molecule has 7 heteroatoms. The van der Waals surface area contributed by atoms with Crippen molar-refractivity contribution >= 4 is 30.7 Å². The molecule has 132 valence electrons. The summed E-state index contributed by atoms with van der Waals surface area (Å²) >= 11 is 0. The van der Waals surface area contributed by atoms with Gasteiger partial charge in [-0.15, -0.1) is 24.8 Å². The summed E-state index contributed by atoms with van der Waals surface area (Å²) in [5.41, 5.74) is 5.87. The van der Waals surface area contributed by atoms with Crippen LogP contribution >= 0.6 is 24.8 Å². The van der Waals surface area contributed by atoms with Crippen molar-refractivity contribution in [2.75, 3.05) is 32.8 Å². The number of nitrogens with two attached hydrogens (primary N) is 1. The Hall–Kier alpha value is -0.0700. The molecular formula is C15H31Cl2N3O2. The molecule has 1 saturated carbocycles. The molecule has 1 aliphatic heterocycles. The summed E-state index contributed by atoms with van der Waals surface area (Å²) in [6.07, 6.45) is 5.89. The van der Waals surface area contributed by atoms with Crippen molar-refractivity contribution in [3.8, 4) is 0 Å². The second-order valence-corrected chi connectivity index (χ2v) is 6.00. The number of amides is 1. The third-order valence-corrected chi connectivity index (χ3v) is 4.69. The molecule has 5 nitrogen and oxygen atoms in total. The van der Waals surface area contributed by atoms with Crippen molar-refractivity contribution < 1.29 is 9.53 Å². The number of morpholine rings is 1. The van der Waals surface area contributed by atoms with Crippen LogP contribution in [0.1, 0.15) is 39.0 Å². The lowest BCUT2D eigenvalue weighted by Crippen LogP contribution is -2.54. The Balaban J connectivity index is 0.00000220. The van der Waals surface area contributed by atoms with Gasteiger partial charge < -0.3 is 15.8 Å². The van der Waals surface area contributed by atoms with Crippen LogP contribution in [-0.2, 0) is 9.53 Å². The van der Waals surface area contributed by atoms with Gasteiger partial charge in [0.1, 0.15) is 6.10 Å². The Morgan fingerprint density at radius 3 is 2.59 bits per heavy atom. The third-order valence-electron chi connectivity index (χ3n) is 4.69. The quantitative estimate of drug-likeness (QED) is 0.785. The Kier molecular flexibility index (Phi) is 11.4. The Bertz CT molecular complexity index is 315. The molecule has 2 unspecified atom stereocenters. The van der Waals surface area contributed by atoms with Gasteiger partial charge in [-0.2, -0.15) is 0 Å². The second kappa shape index (κ2) is 11.5. The number of hydrogen-bond donors (Lipinski definition) is 2. The zero-order valence-corrected chi connectivity index (χ0v) is 15.1. The van der Waals surface area contributed by atoms with Gasteiger partial charge in [-0.1, -0.05) is 26.2 Å². The molecular weight excluding hydrogens is 325 g/mol. The Labute approximate surface area is 146 Å². The highest BCUT2D eigenvalue weighted by Crippen LogP contribution is 2.26. The summed E-state index contributed by atoms with van der Waals surface area (Å²) in [6, 6.07) is 0.114. The molecule has 0 aromatic heterocycles. The van der Waals surface area contributed by atoms with Crippen LogP contribution in [0.4, 0.5) is 0 Å². The van der Waals surface area contributed by atoms with Gasteiger partial charge in [0, 0.05) is 25.7 Å². The SMILES string of the molecule is CCN1CCOC(C(=O)NC(CN)C2CCCCC2)C1.Cl.Cl. The number of ether oxygens (including phenoxy) is 1. The molecule has 0 bridgehead atoms. The van der Waals surface area contributed by atoms with Crippen LogP contribution in [0, 0.1) is 5.92 Å². The third kappa shape index (κ3) is 6.20. The van der Waals surface area contributed by atoms with Crippen LogP contribution in [0.2, 0.25) is 0 Å². The average molecular weight is 356 g/mol. The lowest BCUT2D eigenvalue weighted by molar-refractivity contribution is -0.139. The van der Waals surface area contributed by atoms with Gasteiger partial charge in [0.25, 0.3) is 5.91 Å². The zero-order chi connectivity index (χ0) is 14.4. The molecule has 22 heavy (non-hydrogen) atoms. The first-order chi connectivity index (χ1) is 9.74. The topological polar surface area (TPSA) is 67.6 Å². The molecule has 0 aromatic rings.